The molecule has 0 aromatic carbocycles. The summed E-state index contributed by atoms with van der Waals surface area (Å²) in [6.07, 6.45) is 1.90. The second kappa shape index (κ2) is 5.35. The standard InChI is InChI=1S/C13H16N2O2S/c1-4-17-13(16)12-9(2)5-6-15(12)7-11-14-10(3)8-18-11/h5-6,8H,4,7H2,1-3H3. The van der Waals surface area contributed by atoms with E-state index in [4.69, 9.17) is 4.74 Å². The Hall–Kier alpha value is -1.62. The van der Waals surface area contributed by atoms with Crippen LogP contribution in [0.3, 0.4) is 0 Å². The molecule has 2 aromatic heterocycles. The predicted octanol–water partition coefficient (Wildman–Crippen LogP) is 2.79. The van der Waals surface area contributed by atoms with Crippen LogP contribution < -0.4 is 0 Å². The lowest BCUT2D eigenvalue weighted by molar-refractivity contribution is 0.0513. The van der Waals surface area contributed by atoms with Gasteiger partial charge in [-0.15, -0.1) is 11.3 Å². The van der Waals surface area contributed by atoms with Crippen LogP contribution in [0.15, 0.2) is 17.6 Å². The highest BCUT2D eigenvalue weighted by atomic mass is 32.1. The van der Waals surface area contributed by atoms with Crippen molar-refractivity contribution < 1.29 is 9.53 Å². The molecule has 0 atom stereocenters. The van der Waals surface area contributed by atoms with Gasteiger partial charge in [0.1, 0.15) is 10.7 Å². The van der Waals surface area contributed by atoms with Gasteiger partial charge in [0, 0.05) is 17.3 Å². The van der Waals surface area contributed by atoms with E-state index in [1.54, 1.807) is 11.3 Å². The van der Waals surface area contributed by atoms with Gasteiger partial charge in [0.05, 0.1) is 13.2 Å². The molecule has 2 heterocycles. The maximum Gasteiger partial charge on any atom is 0.355 e. The SMILES string of the molecule is CCOC(=O)c1c(C)ccn1Cc1nc(C)cs1. The average molecular weight is 264 g/mol. The van der Waals surface area contributed by atoms with E-state index in [1.807, 2.05) is 43.0 Å². The van der Waals surface area contributed by atoms with Crippen LogP contribution >= 0.6 is 11.3 Å². The van der Waals surface area contributed by atoms with Crippen LogP contribution in [-0.2, 0) is 11.3 Å². The van der Waals surface area contributed by atoms with E-state index in [9.17, 15) is 4.79 Å². The Morgan fingerprint density at radius 1 is 1.50 bits per heavy atom. The summed E-state index contributed by atoms with van der Waals surface area (Å²) in [7, 11) is 0. The van der Waals surface area contributed by atoms with Gasteiger partial charge in [0.2, 0.25) is 0 Å². The van der Waals surface area contributed by atoms with Gasteiger partial charge in [0.15, 0.2) is 0 Å². The summed E-state index contributed by atoms with van der Waals surface area (Å²) in [4.78, 5) is 16.3. The number of aromatic nitrogens is 2. The van der Waals surface area contributed by atoms with Gasteiger partial charge in [-0.3, -0.25) is 0 Å². The number of nitrogens with zero attached hydrogens (tertiary/aromatic N) is 2. The smallest absolute Gasteiger partial charge is 0.355 e. The maximum absolute atomic E-state index is 11.9. The van der Waals surface area contributed by atoms with Gasteiger partial charge in [0.25, 0.3) is 0 Å². The van der Waals surface area contributed by atoms with Gasteiger partial charge >= 0.3 is 5.97 Å². The first-order valence-electron chi connectivity index (χ1n) is 5.85. The second-order valence-corrected chi connectivity index (χ2v) is 5.02. The Labute approximate surface area is 110 Å². The minimum absolute atomic E-state index is 0.270. The highest BCUT2D eigenvalue weighted by Crippen LogP contribution is 2.16. The Balaban J connectivity index is 2.26. The zero-order valence-electron chi connectivity index (χ0n) is 10.8. The summed E-state index contributed by atoms with van der Waals surface area (Å²) in [5, 5.41) is 3.00. The molecule has 0 fully saturated rings. The van der Waals surface area contributed by atoms with E-state index in [-0.39, 0.29) is 5.97 Å². The molecule has 96 valence electrons. The number of hydrogen-bond acceptors (Lipinski definition) is 4. The minimum Gasteiger partial charge on any atom is -0.461 e. The van der Waals surface area contributed by atoms with Crippen molar-refractivity contribution in [3.8, 4) is 0 Å². The number of carbonyl (C=O) groups is 1. The van der Waals surface area contributed by atoms with E-state index >= 15 is 0 Å². The lowest BCUT2D eigenvalue weighted by Crippen LogP contribution is -2.13. The Kier molecular flexibility index (Phi) is 3.81. The van der Waals surface area contributed by atoms with Crippen LogP contribution in [0.4, 0.5) is 0 Å². The minimum atomic E-state index is -0.270. The topological polar surface area (TPSA) is 44.1 Å². The van der Waals surface area contributed by atoms with Crippen LogP contribution in [0, 0.1) is 13.8 Å². The van der Waals surface area contributed by atoms with Crippen molar-refractivity contribution in [2.45, 2.75) is 27.3 Å². The summed E-state index contributed by atoms with van der Waals surface area (Å²) in [5.74, 6) is -0.270. The monoisotopic (exact) mass is 264 g/mol. The van der Waals surface area contributed by atoms with Gasteiger partial charge in [-0.25, -0.2) is 9.78 Å². The molecule has 0 aliphatic heterocycles. The first-order valence-corrected chi connectivity index (χ1v) is 6.73. The fourth-order valence-electron chi connectivity index (χ4n) is 1.81. The van der Waals surface area contributed by atoms with Crippen molar-refractivity contribution in [2.24, 2.45) is 0 Å². The molecule has 0 amide bonds. The van der Waals surface area contributed by atoms with Gasteiger partial charge in [-0.05, 0) is 32.4 Å². The van der Waals surface area contributed by atoms with Crippen LogP contribution in [0.2, 0.25) is 0 Å². The molecule has 2 rings (SSSR count). The molecule has 0 N–H and O–H groups in total. The number of hydrogen-bond donors (Lipinski definition) is 0. The third-order valence-electron chi connectivity index (χ3n) is 2.61. The highest BCUT2D eigenvalue weighted by Gasteiger charge is 2.16. The molecular formula is C13H16N2O2S. The molecule has 0 aliphatic carbocycles. The van der Waals surface area contributed by atoms with Crippen LogP contribution in [0.25, 0.3) is 0 Å². The predicted molar refractivity (Wildman–Crippen MR) is 71.1 cm³/mol. The molecule has 0 saturated carbocycles. The van der Waals surface area contributed by atoms with Crippen molar-refractivity contribution in [1.82, 2.24) is 9.55 Å². The van der Waals surface area contributed by atoms with Gasteiger partial charge < -0.3 is 9.30 Å². The van der Waals surface area contributed by atoms with Crippen molar-refractivity contribution in [3.63, 3.8) is 0 Å². The van der Waals surface area contributed by atoms with Gasteiger partial charge in [-0.1, -0.05) is 0 Å². The van der Waals surface area contributed by atoms with Crippen LogP contribution in [0.5, 0.6) is 0 Å². The summed E-state index contributed by atoms with van der Waals surface area (Å²) < 4.78 is 6.97. The fourth-order valence-corrected chi connectivity index (χ4v) is 2.58. The normalized spacial score (nSPS) is 10.6. The number of thiazole rings is 1. The van der Waals surface area contributed by atoms with Crippen molar-refractivity contribution in [1.29, 1.82) is 0 Å². The summed E-state index contributed by atoms with van der Waals surface area (Å²) in [6.45, 7) is 6.69. The number of rotatable bonds is 4. The Morgan fingerprint density at radius 2 is 2.28 bits per heavy atom. The molecule has 5 heteroatoms. The summed E-state index contributed by atoms with van der Waals surface area (Å²) in [5.41, 5.74) is 2.56. The third kappa shape index (κ3) is 2.61. The first-order chi connectivity index (χ1) is 8.61. The molecule has 0 radical (unpaired) electrons. The molecule has 0 bridgehead atoms. The van der Waals surface area contributed by atoms with E-state index < -0.39 is 0 Å². The zero-order valence-corrected chi connectivity index (χ0v) is 11.6. The van der Waals surface area contributed by atoms with Gasteiger partial charge in [-0.2, -0.15) is 0 Å². The van der Waals surface area contributed by atoms with E-state index in [1.165, 1.54) is 0 Å². The molecule has 18 heavy (non-hydrogen) atoms. The summed E-state index contributed by atoms with van der Waals surface area (Å²) >= 11 is 1.60. The molecule has 0 unspecified atom stereocenters. The van der Waals surface area contributed by atoms with E-state index in [0.29, 0.717) is 18.8 Å². The number of ether oxygens (including phenoxy) is 1. The Bertz CT molecular complexity index is 557. The molecule has 4 nitrogen and oxygen atoms in total. The highest BCUT2D eigenvalue weighted by molar-refractivity contribution is 7.09. The number of carbonyl (C=O) groups excluding carboxylic acids is 1. The van der Waals surface area contributed by atoms with Crippen LogP contribution in [0.1, 0.15) is 33.7 Å². The van der Waals surface area contributed by atoms with Crippen molar-refractivity contribution in [2.75, 3.05) is 6.61 Å². The number of aryl methyl sites for hydroxylation is 2. The molecule has 0 spiro atoms. The lowest BCUT2D eigenvalue weighted by atomic mass is 10.3. The average Bonchev–Trinajstić information content (AvgIpc) is 2.87. The molecule has 0 saturated heterocycles. The molecular weight excluding hydrogens is 248 g/mol. The first kappa shape index (κ1) is 12.8. The molecule has 0 aliphatic rings. The van der Waals surface area contributed by atoms with Crippen molar-refractivity contribution in [3.05, 3.63) is 39.6 Å². The zero-order chi connectivity index (χ0) is 13.1. The third-order valence-corrected chi connectivity index (χ3v) is 3.56. The largest absolute Gasteiger partial charge is 0.461 e. The maximum atomic E-state index is 11.9. The summed E-state index contributed by atoms with van der Waals surface area (Å²) in [6, 6.07) is 1.92. The van der Waals surface area contributed by atoms with Crippen molar-refractivity contribution >= 4 is 17.3 Å². The second-order valence-electron chi connectivity index (χ2n) is 4.08. The number of esters is 1. The molecule has 2 aromatic rings. The Morgan fingerprint density at radius 3 is 2.89 bits per heavy atom. The van der Waals surface area contributed by atoms with E-state index in [2.05, 4.69) is 4.98 Å². The lowest BCUT2D eigenvalue weighted by Gasteiger charge is -2.08. The fraction of sp³-hybridized carbons (Fsp3) is 0.385. The van der Waals surface area contributed by atoms with Crippen LogP contribution in [-0.4, -0.2) is 22.1 Å². The van der Waals surface area contributed by atoms with E-state index in [0.717, 1.165) is 16.3 Å². The quantitative estimate of drug-likeness (QED) is 0.798.